The van der Waals surface area contributed by atoms with Crippen molar-refractivity contribution < 1.29 is 4.79 Å². The molecule has 124 valence electrons. The Bertz CT molecular complexity index is 951. The van der Waals surface area contributed by atoms with E-state index in [2.05, 4.69) is 12.1 Å². The summed E-state index contributed by atoms with van der Waals surface area (Å²) in [5.41, 5.74) is 7.78. The van der Waals surface area contributed by atoms with Crippen LogP contribution in [-0.4, -0.2) is 5.91 Å². The zero-order chi connectivity index (χ0) is 18.6. The topological polar surface area (TPSA) is 90.7 Å². The van der Waals surface area contributed by atoms with Gasteiger partial charge < -0.3 is 5.73 Å². The molecule has 3 aromatic rings. The van der Waals surface area contributed by atoms with E-state index >= 15 is 0 Å². The van der Waals surface area contributed by atoms with Crippen molar-refractivity contribution in [1.82, 2.24) is 0 Å². The molecule has 3 aromatic carbocycles. The van der Waals surface area contributed by atoms with E-state index in [9.17, 15) is 4.79 Å². The Morgan fingerprint density at radius 1 is 0.692 bits per heavy atom. The molecule has 26 heavy (non-hydrogen) atoms. The number of hydrogen-bond acceptors (Lipinski definition) is 3. The number of hydrogen-bond donors (Lipinski definition) is 1. The zero-order valence-corrected chi connectivity index (χ0v) is 13.9. The van der Waals surface area contributed by atoms with Crippen LogP contribution >= 0.6 is 0 Å². The number of rotatable bonds is 4. The highest BCUT2D eigenvalue weighted by atomic mass is 16.1. The molecule has 0 aromatic heterocycles. The van der Waals surface area contributed by atoms with Crippen molar-refractivity contribution in [3.63, 3.8) is 0 Å². The van der Waals surface area contributed by atoms with E-state index in [1.54, 1.807) is 48.5 Å². The Hall–Kier alpha value is -3.89. The number of primary amides is 1. The van der Waals surface area contributed by atoms with Gasteiger partial charge in [-0.15, -0.1) is 0 Å². The minimum absolute atomic E-state index is 0.500. The van der Waals surface area contributed by atoms with E-state index in [0.717, 1.165) is 5.56 Å². The van der Waals surface area contributed by atoms with Crippen molar-refractivity contribution in [1.29, 1.82) is 10.5 Å². The van der Waals surface area contributed by atoms with Crippen molar-refractivity contribution in [2.24, 2.45) is 5.73 Å². The van der Waals surface area contributed by atoms with Crippen molar-refractivity contribution in [3.05, 3.63) is 107 Å². The van der Waals surface area contributed by atoms with Gasteiger partial charge in [0.1, 0.15) is 5.41 Å². The van der Waals surface area contributed by atoms with Crippen LogP contribution in [0, 0.1) is 22.7 Å². The number of carbonyl (C=O) groups is 1. The van der Waals surface area contributed by atoms with Gasteiger partial charge >= 0.3 is 0 Å². The number of carbonyl (C=O) groups excluding carboxylic acids is 1. The van der Waals surface area contributed by atoms with Crippen molar-refractivity contribution in [3.8, 4) is 12.1 Å². The highest BCUT2D eigenvalue weighted by Crippen LogP contribution is 2.39. The van der Waals surface area contributed by atoms with Gasteiger partial charge in [-0.1, -0.05) is 54.6 Å². The molecule has 0 unspecified atom stereocenters. The first-order valence-corrected chi connectivity index (χ1v) is 7.99. The first-order chi connectivity index (χ1) is 12.6. The molecule has 0 bridgehead atoms. The van der Waals surface area contributed by atoms with Gasteiger partial charge in [-0.05, 0) is 41.0 Å². The third-order valence-corrected chi connectivity index (χ3v) is 4.47. The van der Waals surface area contributed by atoms with Crippen LogP contribution in [0.3, 0.4) is 0 Å². The summed E-state index contributed by atoms with van der Waals surface area (Å²) in [6, 6.07) is 27.1. The van der Waals surface area contributed by atoms with Crippen molar-refractivity contribution in [2.45, 2.75) is 5.41 Å². The summed E-state index contributed by atoms with van der Waals surface area (Å²) in [4.78, 5) is 12.8. The zero-order valence-electron chi connectivity index (χ0n) is 13.9. The van der Waals surface area contributed by atoms with Crippen LogP contribution in [0.15, 0.2) is 78.9 Å². The van der Waals surface area contributed by atoms with Gasteiger partial charge in [0, 0.05) is 0 Å². The maximum Gasteiger partial charge on any atom is 0.237 e. The maximum atomic E-state index is 12.8. The normalized spacial score (nSPS) is 10.5. The SMILES string of the molecule is N#Cc1ccc(C(C(N)=O)(c2ccccc2)c2ccc(C#N)cc2)cc1. The molecule has 3 rings (SSSR count). The second-order valence-corrected chi connectivity index (χ2v) is 5.86. The van der Waals surface area contributed by atoms with Crippen LogP contribution in [0.25, 0.3) is 0 Å². The molecule has 0 spiro atoms. The fourth-order valence-corrected chi connectivity index (χ4v) is 3.20. The summed E-state index contributed by atoms with van der Waals surface area (Å²) in [6.45, 7) is 0. The highest BCUT2D eigenvalue weighted by molar-refractivity contribution is 5.95. The van der Waals surface area contributed by atoms with Gasteiger partial charge in [0.25, 0.3) is 0 Å². The van der Waals surface area contributed by atoms with Gasteiger partial charge in [-0.25, -0.2) is 0 Å². The number of benzene rings is 3. The average molecular weight is 337 g/mol. The van der Waals surface area contributed by atoms with Gasteiger partial charge in [0.05, 0.1) is 23.3 Å². The lowest BCUT2D eigenvalue weighted by atomic mass is 9.68. The largest absolute Gasteiger partial charge is 0.368 e. The molecule has 0 heterocycles. The molecular weight excluding hydrogens is 322 g/mol. The molecule has 0 fully saturated rings. The Morgan fingerprint density at radius 2 is 1.08 bits per heavy atom. The van der Waals surface area contributed by atoms with Gasteiger partial charge in [-0.3, -0.25) is 4.79 Å². The second-order valence-electron chi connectivity index (χ2n) is 5.86. The number of nitrogens with two attached hydrogens (primary N) is 1. The second kappa shape index (κ2) is 6.93. The number of nitriles is 2. The summed E-state index contributed by atoms with van der Waals surface area (Å²) >= 11 is 0. The van der Waals surface area contributed by atoms with Crippen molar-refractivity contribution >= 4 is 5.91 Å². The average Bonchev–Trinajstić information content (AvgIpc) is 2.70. The molecule has 0 radical (unpaired) electrons. The monoisotopic (exact) mass is 337 g/mol. The predicted molar refractivity (Wildman–Crippen MR) is 97.8 cm³/mol. The van der Waals surface area contributed by atoms with Crippen LogP contribution < -0.4 is 5.73 Å². The lowest BCUT2D eigenvalue weighted by Gasteiger charge is -2.32. The fourth-order valence-electron chi connectivity index (χ4n) is 3.20. The van der Waals surface area contributed by atoms with E-state index in [0.29, 0.717) is 22.3 Å². The van der Waals surface area contributed by atoms with E-state index in [-0.39, 0.29) is 0 Å². The van der Waals surface area contributed by atoms with E-state index in [1.807, 2.05) is 30.3 Å². The summed E-state index contributed by atoms with van der Waals surface area (Å²) in [5.74, 6) is -0.530. The Kier molecular flexibility index (Phi) is 4.51. The molecule has 0 aliphatic heterocycles. The van der Waals surface area contributed by atoms with E-state index in [1.165, 1.54) is 0 Å². The fraction of sp³-hybridized carbons (Fsp3) is 0.0455. The van der Waals surface area contributed by atoms with Gasteiger partial charge in [0.15, 0.2) is 0 Å². The smallest absolute Gasteiger partial charge is 0.237 e. The quantitative estimate of drug-likeness (QED) is 0.741. The molecule has 0 aliphatic rings. The van der Waals surface area contributed by atoms with Gasteiger partial charge in [0.2, 0.25) is 5.91 Å². The highest BCUT2D eigenvalue weighted by Gasteiger charge is 2.42. The van der Waals surface area contributed by atoms with Crippen LogP contribution in [0.2, 0.25) is 0 Å². The lowest BCUT2D eigenvalue weighted by Crippen LogP contribution is -2.43. The third kappa shape index (κ3) is 2.70. The predicted octanol–water partition coefficient (Wildman–Crippen LogP) is 3.25. The summed E-state index contributed by atoms with van der Waals surface area (Å²) < 4.78 is 0. The minimum atomic E-state index is -1.22. The molecule has 4 nitrogen and oxygen atoms in total. The van der Waals surface area contributed by atoms with E-state index < -0.39 is 11.3 Å². The van der Waals surface area contributed by atoms with Crippen LogP contribution in [0.4, 0.5) is 0 Å². The number of amides is 1. The summed E-state index contributed by atoms with van der Waals surface area (Å²) in [7, 11) is 0. The first kappa shape index (κ1) is 17.0. The molecule has 2 N–H and O–H groups in total. The van der Waals surface area contributed by atoms with Crippen molar-refractivity contribution in [2.75, 3.05) is 0 Å². The van der Waals surface area contributed by atoms with Gasteiger partial charge in [-0.2, -0.15) is 10.5 Å². The molecule has 0 aliphatic carbocycles. The number of nitrogens with zero attached hydrogens (tertiary/aromatic N) is 2. The minimum Gasteiger partial charge on any atom is -0.368 e. The Labute approximate surface area is 151 Å². The lowest BCUT2D eigenvalue weighted by molar-refractivity contribution is -0.120. The third-order valence-electron chi connectivity index (χ3n) is 4.47. The molecule has 1 amide bonds. The Balaban J connectivity index is 2.34. The Morgan fingerprint density at radius 3 is 1.42 bits per heavy atom. The van der Waals surface area contributed by atoms with E-state index in [4.69, 9.17) is 16.3 Å². The molecule has 0 atom stereocenters. The standard InChI is InChI=1S/C22H15N3O/c23-14-16-6-10-19(11-7-16)22(21(25)26,18-4-2-1-3-5-18)20-12-8-17(15-24)9-13-20/h1-13H,(H2,25,26). The van der Waals surface area contributed by atoms with Crippen LogP contribution in [0.1, 0.15) is 27.8 Å². The molecular formula is C22H15N3O. The molecule has 4 heteroatoms. The van der Waals surface area contributed by atoms with Crippen LogP contribution in [-0.2, 0) is 10.2 Å². The summed E-state index contributed by atoms with van der Waals surface area (Å²) in [6.07, 6.45) is 0. The molecule has 0 saturated carbocycles. The van der Waals surface area contributed by atoms with Crippen LogP contribution in [0.5, 0.6) is 0 Å². The molecule has 0 saturated heterocycles. The summed E-state index contributed by atoms with van der Waals surface area (Å²) in [5, 5.41) is 18.1. The first-order valence-electron chi connectivity index (χ1n) is 7.99. The maximum absolute atomic E-state index is 12.8.